The van der Waals surface area contributed by atoms with Gasteiger partial charge in [0.25, 0.3) is 0 Å². The quantitative estimate of drug-likeness (QED) is 0.561. The van der Waals surface area contributed by atoms with Crippen molar-refractivity contribution in [3.8, 4) is 0 Å². The number of rotatable bonds is 1. The van der Waals surface area contributed by atoms with Gasteiger partial charge in [0.2, 0.25) is 0 Å². The summed E-state index contributed by atoms with van der Waals surface area (Å²) in [5.41, 5.74) is 1.68. The molecular formula is C11H18N+. The summed E-state index contributed by atoms with van der Waals surface area (Å²) in [5, 5.41) is 0. The minimum atomic E-state index is 0.360. The molecule has 0 fully saturated rings. The van der Waals surface area contributed by atoms with E-state index in [2.05, 4.69) is 56.8 Å². The molecular weight excluding hydrogens is 146 g/mol. The van der Waals surface area contributed by atoms with Gasteiger partial charge in [0.05, 0.1) is 0 Å². The van der Waals surface area contributed by atoms with E-state index in [1.54, 1.807) is 0 Å². The van der Waals surface area contributed by atoms with Crippen LogP contribution in [0.1, 0.15) is 26.3 Å². The fourth-order valence-corrected chi connectivity index (χ4v) is 1.30. The molecule has 0 spiro atoms. The molecule has 0 N–H and O–H groups in total. The number of pyridine rings is 1. The van der Waals surface area contributed by atoms with E-state index in [0.717, 1.165) is 6.54 Å². The molecule has 1 aromatic heterocycles. The van der Waals surface area contributed by atoms with Crippen LogP contribution in [-0.2, 0) is 6.54 Å². The van der Waals surface area contributed by atoms with Crippen molar-refractivity contribution >= 4 is 0 Å². The lowest BCUT2D eigenvalue weighted by atomic mass is 9.97. The Morgan fingerprint density at radius 3 is 2.50 bits per heavy atom. The van der Waals surface area contributed by atoms with Crippen molar-refractivity contribution in [3.63, 3.8) is 0 Å². The third-order valence-corrected chi connectivity index (χ3v) is 1.66. The van der Waals surface area contributed by atoms with Gasteiger partial charge in [-0.3, -0.25) is 0 Å². The molecule has 0 amide bonds. The van der Waals surface area contributed by atoms with Crippen LogP contribution in [0.15, 0.2) is 24.5 Å². The Bertz CT molecular complexity index is 258. The zero-order chi connectivity index (χ0) is 9.19. The largest absolute Gasteiger partial charge is 0.204 e. The summed E-state index contributed by atoms with van der Waals surface area (Å²) in [6.07, 6.45) is 4.31. The molecule has 0 unspecified atom stereocenters. The molecule has 1 heteroatoms. The first-order valence-corrected chi connectivity index (χ1v) is 4.43. The van der Waals surface area contributed by atoms with E-state index in [9.17, 15) is 0 Å². The Morgan fingerprint density at radius 1 is 1.33 bits per heavy atom. The number of hydrogen-bond acceptors (Lipinski definition) is 0. The van der Waals surface area contributed by atoms with Gasteiger partial charge < -0.3 is 0 Å². The SMILES string of the molecule is Cc1ccc[n+](CC(C)(C)C)c1. The Labute approximate surface area is 75.1 Å². The molecule has 0 aliphatic rings. The predicted molar refractivity (Wildman–Crippen MR) is 50.8 cm³/mol. The van der Waals surface area contributed by atoms with Gasteiger partial charge in [0.15, 0.2) is 18.9 Å². The van der Waals surface area contributed by atoms with Crippen LogP contribution in [0.4, 0.5) is 0 Å². The summed E-state index contributed by atoms with van der Waals surface area (Å²) >= 11 is 0. The van der Waals surface area contributed by atoms with Crippen LogP contribution < -0.4 is 4.57 Å². The van der Waals surface area contributed by atoms with Gasteiger partial charge in [0, 0.05) is 17.0 Å². The van der Waals surface area contributed by atoms with E-state index >= 15 is 0 Å². The molecule has 0 saturated carbocycles. The van der Waals surface area contributed by atoms with Crippen molar-refractivity contribution in [1.29, 1.82) is 0 Å². The smallest absolute Gasteiger partial charge is 0.171 e. The van der Waals surface area contributed by atoms with E-state index in [1.807, 2.05) is 0 Å². The molecule has 0 atom stereocenters. The van der Waals surface area contributed by atoms with Gasteiger partial charge in [-0.1, -0.05) is 20.8 Å². The van der Waals surface area contributed by atoms with Crippen LogP contribution in [0.5, 0.6) is 0 Å². The first kappa shape index (κ1) is 9.24. The second-order valence-corrected chi connectivity index (χ2v) is 4.61. The molecule has 1 aromatic rings. The van der Waals surface area contributed by atoms with Gasteiger partial charge in [-0.15, -0.1) is 0 Å². The maximum Gasteiger partial charge on any atom is 0.171 e. The van der Waals surface area contributed by atoms with Crippen molar-refractivity contribution in [3.05, 3.63) is 30.1 Å². The minimum Gasteiger partial charge on any atom is -0.204 e. The average Bonchev–Trinajstić information content (AvgIpc) is 1.82. The molecule has 0 aliphatic heterocycles. The summed E-state index contributed by atoms with van der Waals surface area (Å²) in [4.78, 5) is 0. The first-order chi connectivity index (χ1) is 5.47. The Hall–Kier alpha value is -0.850. The lowest BCUT2D eigenvalue weighted by Crippen LogP contribution is -2.39. The standard InChI is InChI=1S/C11H18N/c1-10-6-5-7-12(8-10)9-11(2,3)4/h5-8H,9H2,1-4H3/q+1. The zero-order valence-corrected chi connectivity index (χ0v) is 8.46. The topological polar surface area (TPSA) is 3.88 Å². The highest BCUT2D eigenvalue weighted by Gasteiger charge is 2.16. The lowest BCUT2D eigenvalue weighted by Gasteiger charge is -2.13. The molecule has 0 aliphatic carbocycles. The molecule has 0 saturated heterocycles. The van der Waals surface area contributed by atoms with Gasteiger partial charge in [0.1, 0.15) is 0 Å². The fourth-order valence-electron chi connectivity index (χ4n) is 1.30. The summed E-state index contributed by atoms with van der Waals surface area (Å²) in [6, 6.07) is 4.22. The van der Waals surface area contributed by atoms with E-state index in [0.29, 0.717) is 5.41 Å². The highest BCUT2D eigenvalue weighted by atomic mass is 14.9. The van der Waals surface area contributed by atoms with Crippen molar-refractivity contribution in [2.45, 2.75) is 34.2 Å². The maximum atomic E-state index is 2.25. The number of nitrogens with zero attached hydrogens (tertiary/aromatic N) is 1. The number of aromatic nitrogens is 1. The summed E-state index contributed by atoms with van der Waals surface area (Å²) in [5.74, 6) is 0. The van der Waals surface area contributed by atoms with Crippen LogP contribution in [0.25, 0.3) is 0 Å². The normalized spacial score (nSPS) is 11.7. The average molecular weight is 164 g/mol. The minimum absolute atomic E-state index is 0.360. The number of hydrogen-bond donors (Lipinski definition) is 0. The maximum absolute atomic E-state index is 2.25. The molecule has 1 heterocycles. The number of aryl methyl sites for hydroxylation is 1. The second kappa shape index (κ2) is 3.26. The highest BCUT2D eigenvalue weighted by Crippen LogP contribution is 2.12. The van der Waals surface area contributed by atoms with E-state index < -0.39 is 0 Å². The molecule has 12 heavy (non-hydrogen) atoms. The molecule has 1 rings (SSSR count). The summed E-state index contributed by atoms with van der Waals surface area (Å²) < 4.78 is 2.25. The summed E-state index contributed by atoms with van der Waals surface area (Å²) in [6.45, 7) is 9.96. The third-order valence-electron chi connectivity index (χ3n) is 1.66. The van der Waals surface area contributed by atoms with Crippen molar-refractivity contribution in [2.75, 3.05) is 0 Å². The zero-order valence-electron chi connectivity index (χ0n) is 8.46. The van der Waals surface area contributed by atoms with Crippen molar-refractivity contribution in [2.24, 2.45) is 5.41 Å². The Morgan fingerprint density at radius 2 is 2.00 bits per heavy atom. The van der Waals surface area contributed by atoms with Crippen LogP contribution in [0.2, 0.25) is 0 Å². The van der Waals surface area contributed by atoms with Crippen LogP contribution in [-0.4, -0.2) is 0 Å². The molecule has 0 bridgehead atoms. The van der Waals surface area contributed by atoms with Crippen molar-refractivity contribution < 1.29 is 4.57 Å². The second-order valence-electron chi connectivity index (χ2n) is 4.61. The van der Waals surface area contributed by atoms with Gasteiger partial charge in [-0.25, -0.2) is 4.57 Å². The Balaban J connectivity index is 2.77. The predicted octanol–water partition coefficient (Wildman–Crippen LogP) is 2.33. The molecule has 0 radical (unpaired) electrons. The van der Waals surface area contributed by atoms with Gasteiger partial charge >= 0.3 is 0 Å². The fraction of sp³-hybridized carbons (Fsp3) is 0.545. The van der Waals surface area contributed by atoms with Crippen LogP contribution in [0, 0.1) is 12.3 Å². The van der Waals surface area contributed by atoms with Gasteiger partial charge in [-0.2, -0.15) is 0 Å². The van der Waals surface area contributed by atoms with E-state index in [4.69, 9.17) is 0 Å². The first-order valence-electron chi connectivity index (χ1n) is 4.43. The monoisotopic (exact) mass is 164 g/mol. The van der Waals surface area contributed by atoms with Crippen LogP contribution in [0.3, 0.4) is 0 Å². The highest BCUT2D eigenvalue weighted by molar-refractivity contribution is 5.01. The summed E-state index contributed by atoms with van der Waals surface area (Å²) in [7, 11) is 0. The van der Waals surface area contributed by atoms with Gasteiger partial charge in [-0.05, 0) is 13.0 Å². The molecule has 1 nitrogen and oxygen atoms in total. The third kappa shape index (κ3) is 3.04. The Kier molecular flexibility index (Phi) is 2.51. The molecule has 66 valence electrons. The van der Waals surface area contributed by atoms with E-state index in [-0.39, 0.29) is 0 Å². The lowest BCUT2D eigenvalue weighted by molar-refractivity contribution is -0.708. The van der Waals surface area contributed by atoms with Crippen LogP contribution >= 0.6 is 0 Å². The van der Waals surface area contributed by atoms with Crippen molar-refractivity contribution in [1.82, 2.24) is 0 Å². The van der Waals surface area contributed by atoms with E-state index in [1.165, 1.54) is 5.56 Å². The molecule has 0 aromatic carbocycles.